The standard InChI is InChI=1S/C13H25NO2/c1-5-16-12(15)10-14-8-6-11(7-9-14)13(2,3)4/h11H,5-10H2,1-4H3. The average Bonchev–Trinajstić information content (AvgIpc) is 2.17. The zero-order chi connectivity index (χ0) is 12.2. The van der Waals surface area contributed by atoms with Gasteiger partial charge < -0.3 is 4.74 Å². The summed E-state index contributed by atoms with van der Waals surface area (Å²) in [6.07, 6.45) is 2.39. The molecule has 0 radical (unpaired) electrons. The summed E-state index contributed by atoms with van der Waals surface area (Å²) in [4.78, 5) is 13.5. The fraction of sp³-hybridized carbons (Fsp3) is 0.923. The Morgan fingerprint density at radius 3 is 2.31 bits per heavy atom. The van der Waals surface area contributed by atoms with Crippen LogP contribution < -0.4 is 0 Å². The van der Waals surface area contributed by atoms with E-state index in [9.17, 15) is 4.79 Å². The first-order valence-corrected chi connectivity index (χ1v) is 6.31. The van der Waals surface area contributed by atoms with Gasteiger partial charge in [-0.25, -0.2) is 0 Å². The lowest BCUT2D eigenvalue weighted by molar-refractivity contribution is -0.144. The lowest BCUT2D eigenvalue weighted by atomic mass is 9.75. The summed E-state index contributed by atoms with van der Waals surface area (Å²) in [5, 5.41) is 0. The van der Waals surface area contributed by atoms with Crippen LogP contribution in [-0.4, -0.2) is 37.1 Å². The first-order valence-electron chi connectivity index (χ1n) is 6.31. The molecule has 16 heavy (non-hydrogen) atoms. The van der Waals surface area contributed by atoms with Gasteiger partial charge in [0.05, 0.1) is 13.2 Å². The number of carbonyl (C=O) groups is 1. The number of hydrogen-bond acceptors (Lipinski definition) is 3. The lowest BCUT2D eigenvalue weighted by Gasteiger charge is -2.38. The summed E-state index contributed by atoms with van der Waals surface area (Å²) >= 11 is 0. The van der Waals surface area contributed by atoms with E-state index in [2.05, 4.69) is 25.7 Å². The molecule has 0 unspecified atom stereocenters. The molecule has 0 aromatic rings. The Morgan fingerprint density at radius 1 is 1.31 bits per heavy atom. The molecule has 3 heteroatoms. The van der Waals surface area contributed by atoms with Crippen molar-refractivity contribution in [2.75, 3.05) is 26.2 Å². The minimum atomic E-state index is -0.0864. The van der Waals surface area contributed by atoms with Gasteiger partial charge in [-0.2, -0.15) is 0 Å². The summed E-state index contributed by atoms with van der Waals surface area (Å²) < 4.78 is 4.96. The van der Waals surface area contributed by atoms with Crippen LogP contribution in [0.5, 0.6) is 0 Å². The van der Waals surface area contributed by atoms with E-state index in [1.54, 1.807) is 0 Å². The molecule has 1 aliphatic rings. The molecule has 0 bridgehead atoms. The first-order chi connectivity index (χ1) is 7.43. The number of hydrogen-bond donors (Lipinski definition) is 0. The van der Waals surface area contributed by atoms with E-state index in [1.165, 1.54) is 12.8 Å². The normalized spacial score (nSPS) is 19.8. The molecular weight excluding hydrogens is 202 g/mol. The number of rotatable bonds is 3. The van der Waals surface area contributed by atoms with Gasteiger partial charge in [-0.15, -0.1) is 0 Å². The maximum Gasteiger partial charge on any atom is 0.320 e. The maximum absolute atomic E-state index is 11.3. The molecule has 1 rings (SSSR count). The lowest BCUT2D eigenvalue weighted by Crippen LogP contribution is -2.40. The van der Waals surface area contributed by atoms with E-state index >= 15 is 0 Å². The monoisotopic (exact) mass is 227 g/mol. The van der Waals surface area contributed by atoms with Crippen molar-refractivity contribution in [3.63, 3.8) is 0 Å². The quantitative estimate of drug-likeness (QED) is 0.693. The van der Waals surface area contributed by atoms with Gasteiger partial charge in [0.1, 0.15) is 0 Å². The Kier molecular flexibility index (Phi) is 4.78. The molecule has 0 aliphatic carbocycles. The van der Waals surface area contributed by atoms with Crippen LogP contribution in [0.2, 0.25) is 0 Å². The Labute approximate surface area is 99.1 Å². The second kappa shape index (κ2) is 5.67. The van der Waals surface area contributed by atoms with Crippen LogP contribution in [0, 0.1) is 11.3 Å². The van der Waals surface area contributed by atoms with Gasteiger partial charge in [0.15, 0.2) is 0 Å². The highest BCUT2D eigenvalue weighted by Gasteiger charge is 2.29. The molecule has 0 atom stereocenters. The third-order valence-electron chi connectivity index (χ3n) is 3.47. The van der Waals surface area contributed by atoms with Crippen LogP contribution in [-0.2, 0) is 9.53 Å². The molecule has 1 saturated heterocycles. The van der Waals surface area contributed by atoms with Crippen molar-refractivity contribution in [2.24, 2.45) is 11.3 Å². The van der Waals surface area contributed by atoms with Crippen LogP contribution in [0.25, 0.3) is 0 Å². The SMILES string of the molecule is CCOC(=O)CN1CCC(C(C)(C)C)CC1. The summed E-state index contributed by atoms with van der Waals surface area (Å²) in [7, 11) is 0. The van der Waals surface area contributed by atoms with Gasteiger partial charge >= 0.3 is 5.97 Å². The van der Waals surface area contributed by atoms with Crippen molar-refractivity contribution in [2.45, 2.75) is 40.5 Å². The van der Waals surface area contributed by atoms with E-state index in [4.69, 9.17) is 4.74 Å². The predicted octanol–water partition coefficient (Wildman–Crippen LogP) is 2.31. The molecule has 3 nitrogen and oxygen atoms in total. The van der Waals surface area contributed by atoms with Crippen molar-refractivity contribution in [3.8, 4) is 0 Å². The van der Waals surface area contributed by atoms with Crippen LogP contribution in [0.1, 0.15) is 40.5 Å². The molecule has 0 saturated carbocycles. The Bertz CT molecular complexity index is 225. The van der Waals surface area contributed by atoms with Crippen molar-refractivity contribution >= 4 is 5.97 Å². The molecule has 0 spiro atoms. The van der Waals surface area contributed by atoms with E-state index in [0.717, 1.165) is 19.0 Å². The van der Waals surface area contributed by atoms with E-state index in [0.29, 0.717) is 18.6 Å². The van der Waals surface area contributed by atoms with Gasteiger partial charge in [-0.1, -0.05) is 20.8 Å². The van der Waals surface area contributed by atoms with E-state index in [-0.39, 0.29) is 5.97 Å². The van der Waals surface area contributed by atoms with Gasteiger partial charge in [0, 0.05) is 0 Å². The number of nitrogens with zero attached hydrogens (tertiary/aromatic N) is 1. The summed E-state index contributed by atoms with van der Waals surface area (Å²) in [6.45, 7) is 11.8. The highest BCUT2D eigenvalue weighted by molar-refractivity contribution is 5.71. The minimum absolute atomic E-state index is 0.0864. The highest BCUT2D eigenvalue weighted by atomic mass is 16.5. The van der Waals surface area contributed by atoms with E-state index in [1.807, 2.05) is 6.92 Å². The summed E-state index contributed by atoms with van der Waals surface area (Å²) in [6, 6.07) is 0. The van der Waals surface area contributed by atoms with Crippen molar-refractivity contribution in [1.29, 1.82) is 0 Å². The molecule has 1 aliphatic heterocycles. The Balaban J connectivity index is 2.30. The number of likely N-dealkylation sites (tertiary alicyclic amines) is 1. The van der Waals surface area contributed by atoms with Crippen LogP contribution in [0.15, 0.2) is 0 Å². The number of piperidine rings is 1. The average molecular weight is 227 g/mol. The fourth-order valence-electron chi connectivity index (χ4n) is 2.35. The first kappa shape index (κ1) is 13.5. The van der Waals surface area contributed by atoms with Gasteiger partial charge in [0.25, 0.3) is 0 Å². The second-order valence-electron chi connectivity index (χ2n) is 5.72. The largest absolute Gasteiger partial charge is 0.465 e. The van der Waals surface area contributed by atoms with Crippen LogP contribution in [0.4, 0.5) is 0 Å². The topological polar surface area (TPSA) is 29.5 Å². The van der Waals surface area contributed by atoms with Crippen molar-refractivity contribution in [3.05, 3.63) is 0 Å². The summed E-state index contributed by atoms with van der Waals surface area (Å²) in [5.41, 5.74) is 0.399. The smallest absolute Gasteiger partial charge is 0.320 e. The van der Waals surface area contributed by atoms with Gasteiger partial charge in [-0.05, 0) is 44.2 Å². The molecule has 0 amide bonds. The van der Waals surface area contributed by atoms with Crippen molar-refractivity contribution < 1.29 is 9.53 Å². The number of carbonyl (C=O) groups excluding carboxylic acids is 1. The molecule has 0 aromatic carbocycles. The Morgan fingerprint density at radius 2 is 1.88 bits per heavy atom. The highest BCUT2D eigenvalue weighted by Crippen LogP contribution is 2.34. The molecule has 1 heterocycles. The van der Waals surface area contributed by atoms with Crippen LogP contribution in [0.3, 0.4) is 0 Å². The Hall–Kier alpha value is -0.570. The number of esters is 1. The third-order valence-corrected chi connectivity index (χ3v) is 3.47. The molecule has 0 aromatic heterocycles. The molecule has 1 fully saturated rings. The molecule has 0 N–H and O–H groups in total. The van der Waals surface area contributed by atoms with Crippen molar-refractivity contribution in [1.82, 2.24) is 4.90 Å². The zero-order valence-corrected chi connectivity index (χ0v) is 11.1. The second-order valence-corrected chi connectivity index (χ2v) is 5.72. The summed E-state index contributed by atoms with van der Waals surface area (Å²) in [5.74, 6) is 0.697. The van der Waals surface area contributed by atoms with Gasteiger partial charge in [-0.3, -0.25) is 9.69 Å². The number of ether oxygens (including phenoxy) is 1. The maximum atomic E-state index is 11.3. The zero-order valence-electron chi connectivity index (χ0n) is 11.1. The van der Waals surface area contributed by atoms with Crippen LogP contribution >= 0.6 is 0 Å². The fourth-order valence-corrected chi connectivity index (χ4v) is 2.35. The molecular formula is C13H25NO2. The minimum Gasteiger partial charge on any atom is -0.465 e. The van der Waals surface area contributed by atoms with Gasteiger partial charge in [0.2, 0.25) is 0 Å². The predicted molar refractivity (Wildman–Crippen MR) is 65.3 cm³/mol. The van der Waals surface area contributed by atoms with E-state index < -0.39 is 0 Å². The molecule has 94 valence electrons. The third kappa shape index (κ3) is 4.12.